The Morgan fingerprint density at radius 3 is 2.50 bits per heavy atom. The van der Waals surface area contributed by atoms with Gasteiger partial charge in [-0.1, -0.05) is 20.8 Å². The molecule has 0 bridgehead atoms. The van der Waals surface area contributed by atoms with E-state index in [4.69, 9.17) is 5.73 Å². The zero-order valence-corrected chi connectivity index (χ0v) is 9.28. The molecular formula is C11H22FNO. The Balaban J connectivity index is 2.73. The van der Waals surface area contributed by atoms with Crippen molar-refractivity contribution in [1.29, 1.82) is 0 Å². The Morgan fingerprint density at radius 2 is 2.07 bits per heavy atom. The Bertz CT molecular complexity index is 184. The maximum Gasteiger partial charge on any atom is 0.0938 e. The minimum atomic E-state index is -0.545. The summed E-state index contributed by atoms with van der Waals surface area (Å²) in [6.07, 6.45) is 0.269. The largest absolute Gasteiger partial charge is 0.391 e. The van der Waals surface area contributed by atoms with Crippen LogP contribution in [-0.2, 0) is 0 Å². The fourth-order valence-corrected chi connectivity index (χ4v) is 2.65. The van der Waals surface area contributed by atoms with Crippen LogP contribution in [-0.4, -0.2) is 23.9 Å². The first kappa shape index (κ1) is 11.9. The lowest BCUT2D eigenvalue weighted by Crippen LogP contribution is -2.53. The third-order valence-electron chi connectivity index (χ3n) is 3.78. The van der Waals surface area contributed by atoms with Gasteiger partial charge in [-0.15, -0.1) is 0 Å². The van der Waals surface area contributed by atoms with E-state index in [1.54, 1.807) is 0 Å². The first-order valence-electron chi connectivity index (χ1n) is 5.48. The first-order valence-corrected chi connectivity index (χ1v) is 5.48. The standard InChI is InChI=1S/C11H22FNO/c1-6(2)9-4-8(5-12)10(13)11(14)7(9)3/h6-11,14H,4-5,13H2,1-3H3/t7-,8?,9?,10+,11?/m0/s1. The Labute approximate surface area is 85.7 Å². The molecule has 1 aliphatic carbocycles. The molecule has 0 aromatic rings. The number of hydrogen-bond acceptors (Lipinski definition) is 2. The van der Waals surface area contributed by atoms with E-state index >= 15 is 0 Å². The second-order valence-electron chi connectivity index (χ2n) is 4.99. The number of hydrogen-bond donors (Lipinski definition) is 2. The molecule has 1 rings (SSSR count). The average molecular weight is 203 g/mol. The highest BCUT2D eigenvalue weighted by atomic mass is 19.1. The van der Waals surface area contributed by atoms with Crippen molar-refractivity contribution in [2.24, 2.45) is 29.4 Å². The molecule has 1 saturated carbocycles. The minimum absolute atomic E-state index is 0.159. The van der Waals surface area contributed by atoms with E-state index < -0.39 is 12.8 Å². The molecule has 0 heterocycles. The van der Waals surface area contributed by atoms with Gasteiger partial charge in [-0.25, -0.2) is 0 Å². The SMILES string of the molecule is CC(C)C1CC(CF)[C@@H](N)C(O)[C@H]1C. The number of rotatable bonds is 2. The predicted octanol–water partition coefficient (Wildman–Crippen LogP) is 1.57. The van der Waals surface area contributed by atoms with Gasteiger partial charge in [0.05, 0.1) is 12.8 Å². The number of aliphatic hydroxyl groups excluding tert-OH is 1. The highest BCUT2D eigenvalue weighted by Crippen LogP contribution is 2.37. The fourth-order valence-electron chi connectivity index (χ4n) is 2.65. The van der Waals surface area contributed by atoms with E-state index in [0.29, 0.717) is 11.8 Å². The van der Waals surface area contributed by atoms with Crippen LogP contribution < -0.4 is 5.73 Å². The van der Waals surface area contributed by atoms with Gasteiger partial charge in [-0.05, 0) is 24.2 Å². The van der Waals surface area contributed by atoms with Gasteiger partial charge < -0.3 is 10.8 Å². The summed E-state index contributed by atoms with van der Waals surface area (Å²) in [5, 5.41) is 9.88. The third-order valence-corrected chi connectivity index (χ3v) is 3.78. The van der Waals surface area contributed by atoms with Crippen molar-refractivity contribution < 1.29 is 9.50 Å². The minimum Gasteiger partial charge on any atom is -0.391 e. The molecule has 2 nitrogen and oxygen atoms in total. The molecule has 0 aromatic carbocycles. The van der Waals surface area contributed by atoms with Gasteiger partial charge in [-0.2, -0.15) is 0 Å². The molecule has 0 radical (unpaired) electrons. The van der Waals surface area contributed by atoms with Gasteiger partial charge in [0.1, 0.15) is 0 Å². The summed E-state index contributed by atoms with van der Waals surface area (Å²) in [6, 6.07) is -0.384. The summed E-state index contributed by atoms with van der Waals surface area (Å²) >= 11 is 0. The Kier molecular flexibility index (Phi) is 3.90. The summed E-state index contributed by atoms with van der Waals surface area (Å²) in [6.45, 7) is 5.86. The van der Waals surface area contributed by atoms with Crippen LogP contribution in [0.5, 0.6) is 0 Å². The molecule has 0 saturated heterocycles. The van der Waals surface area contributed by atoms with Crippen LogP contribution in [0.15, 0.2) is 0 Å². The summed E-state index contributed by atoms with van der Waals surface area (Å²) in [7, 11) is 0. The average Bonchev–Trinajstić information content (AvgIpc) is 2.14. The smallest absolute Gasteiger partial charge is 0.0938 e. The number of halogens is 1. The fraction of sp³-hybridized carbons (Fsp3) is 1.00. The molecule has 3 heteroatoms. The zero-order valence-electron chi connectivity index (χ0n) is 9.28. The summed E-state index contributed by atoms with van der Waals surface area (Å²) in [4.78, 5) is 0. The number of nitrogens with two attached hydrogens (primary N) is 1. The van der Waals surface area contributed by atoms with E-state index in [0.717, 1.165) is 6.42 Å². The zero-order chi connectivity index (χ0) is 10.9. The topological polar surface area (TPSA) is 46.2 Å². The highest BCUT2D eigenvalue weighted by molar-refractivity contribution is 4.93. The second-order valence-corrected chi connectivity index (χ2v) is 4.99. The van der Waals surface area contributed by atoms with Gasteiger partial charge in [0.15, 0.2) is 0 Å². The molecule has 14 heavy (non-hydrogen) atoms. The van der Waals surface area contributed by atoms with Gasteiger partial charge in [0, 0.05) is 12.0 Å². The summed E-state index contributed by atoms with van der Waals surface area (Å²) < 4.78 is 12.7. The third kappa shape index (κ3) is 2.09. The molecule has 5 atom stereocenters. The van der Waals surface area contributed by atoms with E-state index in [1.807, 2.05) is 6.92 Å². The van der Waals surface area contributed by atoms with Crippen molar-refractivity contribution >= 4 is 0 Å². The molecule has 3 N–H and O–H groups in total. The molecular weight excluding hydrogens is 181 g/mol. The van der Waals surface area contributed by atoms with E-state index in [1.165, 1.54) is 0 Å². The maximum atomic E-state index is 12.7. The van der Waals surface area contributed by atoms with Crippen molar-refractivity contribution in [2.45, 2.75) is 39.3 Å². The van der Waals surface area contributed by atoms with Crippen molar-refractivity contribution in [3.05, 3.63) is 0 Å². The van der Waals surface area contributed by atoms with Gasteiger partial charge in [0.25, 0.3) is 0 Å². The Hall–Kier alpha value is -0.150. The second kappa shape index (κ2) is 4.58. The quantitative estimate of drug-likeness (QED) is 0.715. The molecule has 0 aromatic heterocycles. The monoisotopic (exact) mass is 203 g/mol. The van der Waals surface area contributed by atoms with E-state index in [2.05, 4.69) is 13.8 Å². The van der Waals surface area contributed by atoms with Crippen LogP contribution in [0.3, 0.4) is 0 Å². The lowest BCUT2D eigenvalue weighted by Gasteiger charge is -2.43. The molecule has 84 valence electrons. The molecule has 1 aliphatic rings. The molecule has 3 unspecified atom stereocenters. The predicted molar refractivity (Wildman–Crippen MR) is 55.6 cm³/mol. The van der Waals surface area contributed by atoms with E-state index in [-0.39, 0.29) is 17.9 Å². The van der Waals surface area contributed by atoms with E-state index in [9.17, 15) is 9.50 Å². The van der Waals surface area contributed by atoms with Crippen LogP contribution in [0.2, 0.25) is 0 Å². The van der Waals surface area contributed by atoms with Crippen LogP contribution in [0, 0.1) is 23.7 Å². The maximum absolute atomic E-state index is 12.7. The van der Waals surface area contributed by atoms with Gasteiger partial charge in [0.2, 0.25) is 0 Å². The highest BCUT2D eigenvalue weighted by Gasteiger charge is 2.40. The lowest BCUT2D eigenvalue weighted by atomic mass is 9.67. The summed E-state index contributed by atoms with van der Waals surface area (Å²) in [5.74, 6) is 0.910. The number of aliphatic hydroxyl groups is 1. The van der Waals surface area contributed by atoms with Gasteiger partial charge in [-0.3, -0.25) is 4.39 Å². The van der Waals surface area contributed by atoms with Crippen LogP contribution >= 0.6 is 0 Å². The molecule has 0 amide bonds. The van der Waals surface area contributed by atoms with Crippen molar-refractivity contribution in [2.75, 3.05) is 6.67 Å². The molecule has 0 spiro atoms. The Morgan fingerprint density at radius 1 is 1.50 bits per heavy atom. The normalized spacial score (nSPS) is 44.4. The van der Waals surface area contributed by atoms with Crippen LogP contribution in [0.4, 0.5) is 4.39 Å². The van der Waals surface area contributed by atoms with Crippen LogP contribution in [0.25, 0.3) is 0 Å². The first-order chi connectivity index (χ1) is 6.49. The van der Waals surface area contributed by atoms with Crippen molar-refractivity contribution in [3.63, 3.8) is 0 Å². The van der Waals surface area contributed by atoms with Crippen molar-refractivity contribution in [3.8, 4) is 0 Å². The summed E-state index contributed by atoms with van der Waals surface area (Å²) in [5.41, 5.74) is 5.80. The van der Waals surface area contributed by atoms with Crippen LogP contribution in [0.1, 0.15) is 27.2 Å². The van der Waals surface area contributed by atoms with Gasteiger partial charge >= 0.3 is 0 Å². The number of alkyl halides is 1. The molecule has 1 fully saturated rings. The van der Waals surface area contributed by atoms with Crippen molar-refractivity contribution in [1.82, 2.24) is 0 Å². The lowest BCUT2D eigenvalue weighted by molar-refractivity contribution is -0.0231. The molecule has 0 aliphatic heterocycles.